The van der Waals surface area contributed by atoms with Crippen LogP contribution in [-0.4, -0.2) is 47.5 Å². The quantitative estimate of drug-likeness (QED) is 0.521. The van der Waals surface area contributed by atoms with Crippen molar-refractivity contribution in [1.82, 2.24) is 14.3 Å². The fourth-order valence-electron chi connectivity index (χ4n) is 3.72. The molecule has 4 rings (SSSR count). The molecule has 1 saturated heterocycles. The summed E-state index contributed by atoms with van der Waals surface area (Å²) in [5, 5.41) is 2.84. The first-order valence-corrected chi connectivity index (χ1v) is 11.3. The molecule has 2 aromatic carbocycles. The third kappa shape index (κ3) is 4.30. The van der Waals surface area contributed by atoms with Gasteiger partial charge in [-0.2, -0.15) is 4.31 Å². The molecule has 0 aliphatic carbocycles. The second-order valence-corrected chi connectivity index (χ2v) is 9.53. The summed E-state index contributed by atoms with van der Waals surface area (Å²) in [4.78, 5) is 40.8. The fraction of sp³-hybridized carbons (Fsp3) is 0.286. The van der Waals surface area contributed by atoms with Crippen LogP contribution in [0.1, 0.15) is 30.1 Å². The van der Waals surface area contributed by atoms with Crippen LogP contribution in [0.3, 0.4) is 0 Å². The summed E-state index contributed by atoms with van der Waals surface area (Å²) in [5.74, 6) is -0.620. The van der Waals surface area contributed by atoms with Crippen LogP contribution in [0.4, 0.5) is 5.69 Å². The third-order valence-corrected chi connectivity index (χ3v) is 7.42. The summed E-state index contributed by atoms with van der Waals surface area (Å²) in [6, 6.07) is 11.0. The molecule has 0 saturated carbocycles. The minimum absolute atomic E-state index is 0.127. The average molecular weight is 442 g/mol. The summed E-state index contributed by atoms with van der Waals surface area (Å²) in [7, 11) is -3.68. The maximum absolute atomic E-state index is 12.9. The second-order valence-electron chi connectivity index (χ2n) is 7.59. The van der Waals surface area contributed by atoms with Crippen molar-refractivity contribution in [2.45, 2.75) is 24.7 Å². The van der Waals surface area contributed by atoms with Crippen LogP contribution in [0, 0.1) is 5.92 Å². The van der Waals surface area contributed by atoms with Crippen molar-refractivity contribution >= 4 is 38.4 Å². The number of piperidine rings is 1. The maximum Gasteiger partial charge on any atom is 0.323 e. The number of Topliss-reactive ketones (excluding diaryl/α,β-unsaturated/α-hetero) is 1. The van der Waals surface area contributed by atoms with Gasteiger partial charge in [0.25, 0.3) is 0 Å². The number of nitrogens with one attached hydrogen (secondary N) is 3. The zero-order valence-electron chi connectivity index (χ0n) is 16.8. The molecule has 3 N–H and O–H groups in total. The number of fused-ring (bicyclic) bond motifs is 1. The number of hydrogen-bond donors (Lipinski definition) is 3. The molecule has 10 heteroatoms. The van der Waals surface area contributed by atoms with Crippen LogP contribution in [0.2, 0.25) is 0 Å². The van der Waals surface area contributed by atoms with E-state index < -0.39 is 10.0 Å². The van der Waals surface area contributed by atoms with Gasteiger partial charge in [-0.25, -0.2) is 13.2 Å². The summed E-state index contributed by atoms with van der Waals surface area (Å²) in [6.07, 6.45) is 0.805. The summed E-state index contributed by atoms with van der Waals surface area (Å²) in [6.45, 7) is 1.90. The molecule has 1 aliphatic heterocycles. The minimum atomic E-state index is -3.68. The number of nitrogens with zero attached hydrogens (tertiary/aromatic N) is 1. The van der Waals surface area contributed by atoms with E-state index in [1.54, 1.807) is 18.2 Å². The Morgan fingerprint density at radius 1 is 1.00 bits per heavy atom. The van der Waals surface area contributed by atoms with Gasteiger partial charge in [-0.3, -0.25) is 9.59 Å². The lowest BCUT2D eigenvalue weighted by Gasteiger charge is -2.30. The number of imidazole rings is 1. The largest absolute Gasteiger partial charge is 0.326 e. The second kappa shape index (κ2) is 8.12. The lowest BCUT2D eigenvalue weighted by molar-refractivity contribution is -0.120. The van der Waals surface area contributed by atoms with E-state index in [2.05, 4.69) is 15.3 Å². The maximum atomic E-state index is 12.9. The van der Waals surface area contributed by atoms with Gasteiger partial charge in [0, 0.05) is 30.3 Å². The fourth-order valence-corrected chi connectivity index (χ4v) is 5.19. The molecule has 162 valence electrons. The molecule has 3 aromatic rings. The van der Waals surface area contributed by atoms with Crippen molar-refractivity contribution in [2.75, 3.05) is 18.4 Å². The number of carbonyl (C=O) groups excluding carboxylic acids is 2. The Labute approximate surface area is 178 Å². The molecular weight excluding hydrogens is 420 g/mol. The van der Waals surface area contributed by atoms with Gasteiger partial charge in [-0.05, 0) is 50.1 Å². The smallest absolute Gasteiger partial charge is 0.323 e. The zero-order valence-corrected chi connectivity index (χ0v) is 17.7. The summed E-state index contributed by atoms with van der Waals surface area (Å²) >= 11 is 0. The van der Waals surface area contributed by atoms with Gasteiger partial charge >= 0.3 is 5.69 Å². The predicted octanol–water partition coefficient (Wildman–Crippen LogP) is 2.10. The van der Waals surface area contributed by atoms with Gasteiger partial charge in [0.1, 0.15) is 0 Å². The standard InChI is InChI=1S/C21H22N4O5S/c1-13(26)14-2-5-17(6-3-14)31(29,30)25-10-8-15(9-11-25)20(27)22-16-4-7-18-19(12-16)24-21(28)23-18/h2-7,12,15H,8-11H2,1H3,(H,22,27)(H2,23,24,28). The van der Waals surface area contributed by atoms with E-state index in [-0.39, 0.29) is 41.3 Å². The number of H-pyrrole nitrogens is 2. The van der Waals surface area contributed by atoms with Crippen molar-refractivity contribution in [3.63, 3.8) is 0 Å². The molecule has 31 heavy (non-hydrogen) atoms. The van der Waals surface area contributed by atoms with E-state index in [0.29, 0.717) is 35.1 Å². The Kier molecular flexibility index (Phi) is 5.50. The normalized spacial score (nSPS) is 15.8. The van der Waals surface area contributed by atoms with Gasteiger partial charge in [0.15, 0.2) is 5.78 Å². The highest BCUT2D eigenvalue weighted by atomic mass is 32.2. The SMILES string of the molecule is CC(=O)c1ccc(S(=O)(=O)N2CCC(C(=O)Nc3ccc4[nH]c(=O)[nH]c4c3)CC2)cc1. The summed E-state index contributed by atoms with van der Waals surface area (Å²) in [5.41, 5.74) is 1.95. The Hall–Kier alpha value is -3.24. The van der Waals surface area contributed by atoms with E-state index in [1.165, 1.54) is 35.5 Å². The summed E-state index contributed by atoms with van der Waals surface area (Å²) < 4.78 is 27.1. The van der Waals surface area contributed by atoms with E-state index in [9.17, 15) is 22.8 Å². The Morgan fingerprint density at radius 3 is 2.29 bits per heavy atom. The minimum Gasteiger partial charge on any atom is -0.326 e. The number of hydrogen-bond acceptors (Lipinski definition) is 5. The average Bonchev–Trinajstić information content (AvgIpc) is 3.13. The van der Waals surface area contributed by atoms with Crippen LogP contribution in [0.15, 0.2) is 52.2 Å². The lowest BCUT2D eigenvalue weighted by Crippen LogP contribution is -2.41. The van der Waals surface area contributed by atoms with Crippen LogP contribution in [0.25, 0.3) is 11.0 Å². The number of sulfonamides is 1. The molecule has 0 spiro atoms. The third-order valence-electron chi connectivity index (χ3n) is 5.51. The molecular formula is C21H22N4O5S. The van der Waals surface area contributed by atoms with Crippen molar-refractivity contribution in [3.05, 3.63) is 58.5 Å². The number of carbonyl (C=O) groups is 2. The molecule has 1 aliphatic rings. The highest BCUT2D eigenvalue weighted by molar-refractivity contribution is 7.89. The zero-order chi connectivity index (χ0) is 22.2. The topological polar surface area (TPSA) is 132 Å². The van der Waals surface area contributed by atoms with Crippen molar-refractivity contribution in [3.8, 4) is 0 Å². The van der Waals surface area contributed by atoms with Gasteiger partial charge in [0.2, 0.25) is 15.9 Å². The molecule has 1 fully saturated rings. The van der Waals surface area contributed by atoms with E-state index in [1.807, 2.05) is 0 Å². The van der Waals surface area contributed by atoms with E-state index in [0.717, 1.165) is 0 Å². The monoisotopic (exact) mass is 442 g/mol. The molecule has 9 nitrogen and oxygen atoms in total. The number of benzene rings is 2. The van der Waals surface area contributed by atoms with Crippen LogP contribution in [-0.2, 0) is 14.8 Å². The number of aromatic nitrogens is 2. The van der Waals surface area contributed by atoms with Gasteiger partial charge < -0.3 is 15.3 Å². The number of rotatable bonds is 5. The highest BCUT2D eigenvalue weighted by Crippen LogP contribution is 2.25. The molecule has 0 atom stereocenters. The highest BCUT2D eigenvalue weighted by Gasteiger charge is 2.32. The number of amides is 1. The Morgan fingerprint density at radius 2 is 1.65 bits per heavy atom. The number of ketones is 1. The molecule has 1 aromatic heterocycles. The Balaban J connectivity index is 1.39. The van der Waals surface area contributed by atoms with Crippen molar-refractivity contribution in [1.29, 1.82) is 0 Å². The van der Waals surface area contributed by atoms with Crippen LogP contribution < -0.4 is 11.0 Å². The van der Waals surface area contributed by atoms with Crippen molar-refractivity contribution < 1.29 is 18.0 Å². The van der Waals surface area contributed by atoms with Crippen LogP contribution in [0.5, 0.6) is 0 Å². The first-order chi connectivity index (χ1) is 14.7. The van der Waals surface area contributed by atoms with Crippen molar-refractivity contribution in [2.24, 2.45) is 5.92 Å². The van der Waals surface area contributed by atoms with E-state index >= 15 is 0 Å². The first kappa shape index (κ1) is 21.0. The molecule has 2 heterocycles. The molecule has 0 bridgehead atoms. The predicted molar refractivity (Wildman–Crippen MR) is 115 cm³/mol. The lowest BCUT2D eigenvalue weighted by atomic mass is 9.97. The van der Waals surface area contributed by atoms with E-state index in [4.69, 9.17) is 0 Å². The molecule has 0 radical (unpaired) electrons. The Bertz CT molecular complexity index is 1300. The number of anilines is 1. The van der Waals surface area contributed by atoms with Gasteiger partial charge in [0.05, 0.1) is 15.9 Å². The number of aromatic amines is 2. The molecule has 0 unspecified atom stereocenters. The van der Waals surface area contributed by atoms with Gasteiger partial charge in [-0.15, -0.1) is 0 Å². The van der Waals surface area contributed by atoms with Gasteiger partial charge in [-0.1, -0.05) is 12.1 Å². The molecule has 1 amide bonds. The first-order valence-electron chi connectivity index (χ1n) is 9.88. The van der Waals surface area contributed by atoms with Crippen LogP contribution >= 0.6 is 0 Å².